The van der Waals surface area contributed by atoms with Gasteiger partial charge in [0.1, 0.15) is 11.5 Å². The van der Waals surface area contributed by atoms with E-state index in [9.17, 15) is 4.79 Å². The van der Waals surface area contributed by atoms with Gasteiger partial charge in [0.25, 0.3) is 0 Å². The van der Waals surface area contributed by atoms with Gasteiger partial charge in [-0.1, -0.05) is 29.3 Å². The summed E-state index contributed by atoms with van der Waals surface area (Å²) in [7, 11) is 3.17. The third-order valence-electron chi connectivity index (χ3n) is 3.25. The van der Waals surface area contributed by atoms with E-state index in [4.69, 9.17) is 32.7 Å². The zero-order valence-corrected chi connectivity index (χ0v) is 14.4. The molecule has 122 valence electrons. The Morgan fingerprint density at radius 3 is 2.17 bits per heavy atom. The van der Waals surface area contributed by atoms with Crippen molar-refractivity contribution in [1.82, 2.24) is 5.32 Å². The molecule has 2 aromatic rings. The summed E-state index contributed by atoms with van der Waals surface area (Å²) in [4.78, 5) is 12.0. The maximum Gasteiger partial charge on any atom is 0.224 e. The van der Waals surface area contributed by atoms with Gasteiger partial charge in [0.2, 0.25) is 5.91 Å². The van der Waals surface area contributed by atoms with Gasteiger partial charge < -0.3 is 14.8 Å². The average Bonchev–Trinajstić information content (AvgIpc) is 2.56. The predicted octanol–water partition coefficient (Wildman–Crippen LogP) is 3.87. The highest BCUT2D eigenvalue weighted by Gasteiger charge is 2.07. The number of hydrogen-bond donors (Lipinski definition) is 1. The zero-order chi connectivity index (χ0) is 16.8. The van der Waals surface area contributed by atoms with E-state index < -0.39 is 0 Å². The molecule has 0 atom stereocenters. The van der Waals surface area contributed by atoms with E-state index in [2.05, 4.69) is 5.32 Å². The van der Waals surface area contributed by atoms with Crippen molar-refractivity contribution in [3.63, 3.8) is 0 Å². The fourth-order valence-corrected chi connectivity index (χ4v) is 2.39. The number of hydrogen-bond acceptors (Lipinski definition) is 3. The van der Waals surface area contributed by atoms with Gasteiger partial charge in [-0.15, -0.1) is 0 Å². The highest BCUT2D eigenvalue weighted by atomic mass is 35.5. The molecule has 2 aromatic carbocycles. The smallest absolute Gasteiger partial charge is 0.224 e. The second-order valence-corrected chi connectivity index (χ2v) is 5.74. The number of amides is 1. The van der Waals surface area contributed by atoms with E-state index in [1.807, 2.05) is 12.1 Å². The first-order chi connectivity index (χ1) is 11.0. The Labute approximate surface area is 145 Å². The average molecular weight is 354 g/mol. The summed E-state index contributed by atoms with van der Waals surface area (Å²) in [5, 5.41) is 3.77. The van der Waals surface area contributed by atoms with Crippen molar-refractivity contribution in [1.29, 1.82) is 0 Å². The molecule has 0 fully saturated rings. The predicted molar refractivity (Wildman–Crippen MR) is 91.6 cm³/mol. The maximum absolute atomic E-state index is 12.0. The van der Waals surface area contributed by atoms with Crippen molar-refractivity contribution < 1.29 is 14.3 Å². The lowest BCUT2D eigenvalue weighted by Gasteiger charge is -2.10. The molecule has 23 heavy (non-hydrogen) atoms. The molecule has 0 aromatic heterocycles. The molecule has 0 aliphatic carbocycles. The second kappa shape index (κ2) is 8.09. The van der Waals surface area contributed by atoms with Crippen LogP contribution in [-0.2, 0) is 17.8 Å². The van der Waals surface area contributed by atoms with Gasteiger partial charge in [-0.25, -0.2) is 0 Å². The molecule has 1 amide bonds. The lowest BCUT2D eigenvalue weighted by atomic mass is 10.1. The molecule has 0 saturated heterocycles. The molecule has 2 rings (SSSR count). The quantitative estimate of drug-likeness (QED) is 0.857. The van der Waals surface area contributed by atoms with Crippen LogP contribution in [0.1, 0.15) is 11.1 Å². The normalized spacial score (nSPS) is 10.3. The summed E-state index contributed by atoms with van der Waals surface area (Å²) in [6, 6.07) is 10.6. The van der Waals surface area contributed by atoms with Crippen molar-refractivity contribution in [2.45, 2.75) is 13.0 Å². The summed E-state index contributed by atoms with van der Waals surface area (Å²) < 4.78 is 10.4. The number of rotatable bonds is 6. The van der Waals surface area contributed by atoms with Gasteiger partial charge in [0, 0.05) is 12.6 Å². The van der Waals surface area contributed by atoms with Crippen LogP contribution in [-0.4, -0.2) is 20.1 Å². The lowest BCUT2D eigenvalue weighted by molar-refractivity contribution is -0.120. The number of ether oxygens (including phenoxy) is 2. The van der Waals surface area contributed by atoms with E-state index in [0.717, 1.165) is 11.1 Å². The van der Waals surface area contributed by atoms with Crippen molar-refractivity contribution in [2.24, 2.45) is 0 Å². The van der Waals surface area contributed by atoms with Gasteiger partial charge >= 0.3 is 0 Å². The fraction of sp³-hybridized carbons (Fsp3) is 0.235. The Hall–Kier alpha value is -1.91. The summed E-state index contributed by atoms with van der Waals surface area (Å²) in [5.41, 5.74) is 1.70. The first kappa shape index (κ1) is 17.4. The zero-order valence-electron chi connectivity index (χ0n) is 12.9. The Kier molecular flexibility index (Phi) is 6.13. The minimum atomic E-state index is -0.106. The van der Waals surface area contributed by atoms with E-state index in [0.29, 0.717) is 28.1 Å². The topological polar surface area (TPSA) is 47.6 Å². The van der Waals surface area contributed by atoms with Crippen molar-refractivity contribution in [2.75, 3.05) is 14.2 Å². The number of carbonyl (C=O) groups excluding carboxylic acids is 1. The van der Waals surface area contributed by atoms with Crippen LogP contribution in [0.3, 0.4) is 0 Å². The molecule has 0 bridgehead atoms. The molecular formula is C17H17Cl2NO3. The standard InChI is InChI=1S/C17H17Cl2NO3/c1-22-13-5-12(6-14(9-13)23-2)10-20-17(21)8-11-3-4-15(18)16(19)7-11/h3-7,9H,8,10H2,1-2H3,(H,20,21). The summed E-state index contributed by atoms with van der Waals surface area (Å²) in [5.74, 6) is 1.25. The van der Waals surface area contributed by atoms with Crippen LogP contribution in [0.25, 0.3) is 0 Å². The molecule has 0 saturated carbocycles. The first-order valence-corrected chi connectivity index (χ1v) is 7.70. The molecule has 0 unspecified atom stereocenters. The molecule has 0 spiro atoms. The molecule has 0 aliphatic rings. The first-order valence-electron chi connectivity index (χ1n) is 6.94. The monoisotopic (exact) mass is 353 g/mol. The van der Waals surface area contributed by atoms with E-state index in [1.165, 1.54) is 0 Å². The molecule has 1 N–H and O–H groups in total. The van der Waals surface area contributed by atoms with Crippen LogP contribution >= 0.6 is 23.2 Å². The maximum atomic E-state index is 12.0. The molecule has 0 heterocycles. The molecular weight excluding hydrogens is 337 g/mol. The van der Waals surface area contributed by atoms with E-state index in [1.54, 1.807) is 38.5 Å². The number of halogens is 2. The minimum absolute atomic E-state index is 0.106. The largest absolute Gasteiger partial charge is 0.497 e. The van der Waals surface area contributed by atoms with E-state index >= 15 is 0 Å². The Morgan fingerprint density at radius 2 is 1.61 bits per heavy atom. The van der Waals surface area contributed by atoms with Crippen molar-refractivity contribution in [3.05, 3.63) is 57.6 Å². The van der Waals surface area contributed by atoms with Gasteiger partial charge in [-0.3, -0.25) is 4.79 Å². The van der Waals surface area contributed by atoms with Crippen LogP contribution in [0.4, 0.5) is 0 Å². The Bertz CT molecular complexity index is 682. The molecule has 0 radical (unpaired) electrons. The van der Waals surface area contributed by atoms with Crippen LogP contribution in [0.15, 0.2) is 36.4 Å². The molecule has 0 aliphatic heterocycles. The number of methoxy groups -OCH3 is 2. The van der Waals surface area contributed by atoms with Crippen LogP contribution in [0.5, 0.6) is 11.5 Å². The highest BCUT2D eigenvalue weighted by molar-refractivity contribution is 6.42. The summed E-state index contributed by atoms with van der Waals surface area (Å²) >= 11 is 11.8. The Morgan fingerprint density at radius 1 is 0.957 bits per heavy atom. The van der Waals surface area contributed by atoms with Gasteiger partial charge in [0.15, 0.2) is 0 Å². The van der Waals surface area contributed by atoms with Crippen LogP contribution < -0.4 is 14.8 Å². The third-order valence-corrected chi connectivity index (χ3v) is 3.99. The van der Waals surface area contributed by atoms with Gasteiger partial charge in [0.05, 0.1) is 30.7 Å². The SMILES string of the molecule is COc1cc(CNC(=O)Cc2ccc(Cl)c(Cl)c2)cc(OC)c1. The highest BCUT2D eigenvalue weighted by Crippen LogP contribution is 2.23. The van der Waals surface area contributed by atoms with Crippen molar-refractivity contribution >= 4 is 29.1 Å². The van der Waals surface area contributed by atoms with Gasteiger partial charge in [-0.2, -0.15) is 0 Å². The van der Waals surface area contributed by atoms with Crippen molar-refractivity contribution in [3.8, 4) is 11.5 Å². The lowest BCUT2D eigenvalue weighted by Crippen LogP contribution is -2.24. The van der Waals surface area contributed by atoms with Gasteiger partial charge in [-0.05, 0) is 35.4 Å². The molecule has 4 nitrogen and oxygen atoms in total. The molecule has 6 heteroatoms. The summed E-state index contributed by atoms with van der Waals surface area (Å²) in [6.07, 6.45) is 0.234. The minimum Gasteiger partial charge on any atom is -0.497 e. The third kappa shape index (κ3) is 5.05. The number of carbonyl (C=O) groups is 1. The number of benzene rings is 2. The number of nitrogens with one attached hydrogen (secondary N) is 1. The Balaban J connectivity index is 1.97. The second-order valence-electron chi connectivity index (χ2n) is 4.92. The van der Waals surface area contributed by atoms with E-state index in [-0.39, 0.29) is 12.3 Å². The van der Waals surface area contributed by atoms with Crippen LogP contribution in [0.2, 0.25) is 10.0 Å². The fourth-order valence-electron chi connectivity index (χ4n) is 2.07. The summed E-state index contributed by atoms with van der Waals surface area (Å²) in [6.45, 7) is 0.383. The van der Waals surface area contributed by atoms with Crippen LogP contribution in [0, 0.1) is 0 Å².